The zero-order chi connectivity index (χ0) is 14.7. The number of pyridine rings is 1. The van der Waals surface area contributed by atoms with Crippen LogP contribution < -0.4 is 5.32 Å². The van der Waals surface area contributed by atoms with Crippen molar-refractivity contribution in [3.05, 3.63) is 70.7 Å². The van der Waals surface area contributed by atoms with Gasteiger partial charge in [0.25, 0.3) is 0 Å². The minimum Gasteiger partial charge on any atom is -0.370 e. The van der Waals surface area contributed by atoms with Crippen LogP contribution in [0.25, 0.3) is 10.9 Å². The first kappa shape index (κ1) is 13.9. The van der Waals surface area contributed by atoms with Gasteiger partial charge >= 0.3 is 0 Å². The topological polar surface area (TPSA) is 24.9 Å². The van der Waals surface area contributed by atoms with Gasteiger partial charge in [0.15, 0.2) is 0 Å². The maximum absolute atomic E-state index is 6.05. The van der Waals surface area contributed by atoms with Gasteiger partial charge in [0.1, 0.15) is 5.82 Å². The van der Waals surface area contributed by atoms with Crippen LogP contribution in [-0.4, -0.2) is 11.5 Å². The van der Waals surface area contributed by atoms with E-state index in [2.05, 4.69) is 47.6 Å². The molecule has 106 valence electrons. The number of aromatic nitrogens is 1. The molecule has 2 aromatic carbocycles. The summed E-state index contributed by atoms with van der Waals surface area (Å²) in [6.45, 7) is 2.96. The van der Waals surface area contributed by atoms with Gasteiger partial charge < -0.3 is 5.32 Å². The van der Waals surface area contributed by atoms with Crippen molar-refractivity contribution in [3.63, 3.8) is 0 Å². The standard InChI is InChI=1S/C18H17ClN2/c1-13-11-18(20-10-9-14-5-3-2-4-6-14)21-17-12-15(19)7-8-16(13)17/h2-8,11-12H,9-10H2,1H3,(H,20,21). The van der Waals surface area contributed by atoms with Gasteiger partial charge in [-0.2, -0.15) is 0 Å². The van der Waals surface area contributed by atoms with Gasteiger partial charge in [0.2, 0.25) is 0 Å². The maximum Gasteiger partial charge on any atom is 0.126 e. The summed E-state index contributed by atoms with van der Waals surface area (Å²) in [5.41, 5.74) is 3.47. The van der Waals surface area contributed by atoms with Gasteiger partial charge in [-0.3, -0.25) is 0 Å². The van der Waals surface area contributed by atoms with Crippen molar-refractivity contribution in [3.8, 4) is 0 Å². The minimum absolute atomic E-state index is 0.718. The lowest BCUT2D eigenvalue weighted by atomic mass is 10.1. The molecule has 1 aromatic heterocycles. The molecule has 0 fully saturated rings. The van der Waals surface area contributed by atoms with Crippen LogP contribution >= 0.6 is 11.6 Å². The highest BCUT2D eigenvalue weighted by atomic mass is 35.5. The summed E-state index contributed by atoms with van der Waals surface area (Å²) in [7, 11) is 0. The normalized spacial score (nSPS) is 10.8. The zero-order valence-electron chi connectivity index (χ0n) is 11.9. The molecule has 1 heterocycles. The highest BCUT2D eigenvalue weighted by Gasteiger charge is 2.03. The Kier molecular flexibility index (Phi) is 4.07. The number of hydrogen-bond acceptors (Lipinski definition) is 2. The van der Waals surface area contributed by atoms with Crippen molar-refractivity contribution in [2.75, 3.05) is 11.9 Å². The van der Waals surface area contributed by atoms with Gasteiger partial charge in [0, 0.05) is 17.0 Å². The van der Waals surface area contributed by atoms with Crippen molar-refractivity contribution < 1.29 is 0 Å². The Morgan fingerprint density at radius 3 is 2.67 bits per heavy atom. The monoisotopic (exact) mass is 296 g/mol. The first-order chi connectivity index (χ1) is 10.2. The SMILES string of the molecule is Cc1cc(NCCc2ccccc2)nc2cc(Cl)ccc12. The Morgan fingerprint density at radius 1 is 1.05 bits per heavy atom. The third-order valence-electron chi connectivity index (χ3n) is 3.54. The van der Waals surface area contributed by atoms with E-state index in [1.165, 1.54) is 11.1 Å². The predicted octanol–water partition coefficient (Wildman–Crippen LogP) is 4.85. The maximum atomic E-state index is 6.05. The Balaban J connectivity index is 1.75. The molecular weight excluding hydrogens is 280 g/mol. The molecule has 0 unspecified atom stereocenters. The second-order valence-electron chi connectivity index (χ2n) is 5.15. The van der Waals surface area contributed by atoms with E-state index in [-0.39, 0.29) is 0 Å². The smallest absolute Gasteiger partial charge is 0.126 e. The Bertz CT molecular complexity index is 754. The van der Waals surface area contributed by atoms with Gasteiger partial charge in [-0.05, 0) is 42.7 Å². The van der Waals surface area contributed by atoms with Crippen LogP contribution in [0.15, 0.2) is 54.6 Å². The third-order valence-corrected chi connectivity index (χ3v) is 3.78. The van der Waals surface area contributed by atoms with Gasteiger partial charge in [-0.25, -0.2) is 4.98 Å². The van der Waals surface area contributed by atoms with Crippen molar-refractivity contribution in [1.29, 1.82) is 0 Å². The second-order valence-corrected chi connectivity index (χ2v) is 5.58. The lowest BCUT2D eigenvalue weighted by molar-refractivity contribution is 1.01. The molecule has 0 aliphatic carbocycles. The molecule has 0 amide bonds. The summed E-state index contributed by atoms with van der Waals surface area (Å²) >= 11 is 6.05. The summed E-state index contributed by atoms with van der Waals surface area (Å²) in [5, 5.41) is 5.26. The molecule has 0 atom stereocenters. The average Bonchev–Trinajstić information content (AvgIpc) is 2.48. The zero-order valence-corrected chi connectivity index (χ0v) is 12.7. The van der Waals surface area contributed by atoms with E-state index in [0.29, 0.717) is 0 Å². The summed E-state index contributed by atoms with van der Waals surface area (Å²) in [6, 6.07) is 18.4. The lowest BCUT2D eigenvalue weighted by Crippen LogP contribution is -2.06. The number of aryl methyl sites for hydroxylation is 1. The quantitative estimate of drug-likeness (QED) is 0.744. The largest absolute Gasteiger partial charge is 0.370 e. The van der Waals surface area contributed by atoms with E-state index in [0.717, 1.165) is 34.7 Å². The molecule has 0 aliphatic heterocycles. The third kappa shape index (κ3) is 3.34. The molecule has 3 rings (SSSR count). The Morgan fingerprint density at radius 2 is 1.86 bits per heavy atom. The summed E-state index contributed by atoms with van der Waals surface area (Å²) in [6.07, 6.45) is 0.981. The number of anilines is 1. The molecule has 0 bridgehead atoms. The number of halogens is 1. The predicted molar refractivity (Wildman–Crippen MR) is 90.1 cm³/mol. The first-order valence-electron chi connectivity index (χ1n) is 7.07. The van der Waals surface area contributed by atoms with Crippen LogP contribution in [0.5, 0.6) is 0 Å². The van der Waals surface area contributed by atoms with Crippen LogP contribution in [0.1, 0.15) is 11.1 Å². The Hall–Kier alpha value is -2.06. The van der Waals surface area contributed by atoms with Gasteiger partial charge in [-0.15, -0.1) is 0 Å². The van der Waals surface area contributed by atoms with Crippen molar-refractivity contribution in [2.24, 2.45) is 0 Å². The first-order valence-corrected chi connectivity index (χ1v) is 7.45. The fourth-order valence-electron chi connectivity index (χ4n) is 2.45. The lowest BCUT2D eigenvalue weighted by Gasteiger charge is -2.09. The molecule has 0 aliphatic rings. The molecule has 0 radical (unpaired) electrons. The van der Waals surface area contributed by atoms with E-state index >= 15 is 0 Å². The van der Waals surface area contributed by atoms with Crippen LogP contribution in [0.2, 0.25) is 5.02 Å². The summed E-state index contributed by atoms with van der Waals surface area (Å²) in [4.78, 5) is 4.63. The molecule has 1 N–H and O–H groups in total. The van der Waals surface area contributed by atoms with Crippen molar-refractivity contribution >= 4 is 28.3 Å². The van der Waals surface area contributed by atoms with E-state index in [1.54, 1.807) is 0 Å². The number of fused-ring (bicyclic) bond motifs is 1. The number of hydrogen-bond donors (Lipinski definition) is 1. The second kappa shape index (κ2) is 6.15. The number of nitrogens with zero attached hydrogens (tertiary/aromatic N) is 1. The Labute approximate surface area is 129 Å². The number of nitrogens with one attached hydrogen (secondary N) is 1. The van der Waals surface area contributed by atoms with Crippen LogP contribution in [0, 0.1) is 6.92 Å². The van der Waals surface area contributed by atoms with Crippen molar-refractivity contribution in [2.45, 2.75) is 13.3 Å². The summed E-state index contributed by atoms with van der Waals surface area (Å²) < 4.78 is 0. The fourth-order valence-corrected chi connectivity index (χ4v) is 2.61. The number of rotatable bonds is 4. The molecule has 0 saturated heterocycles. The fraction of sp³-hybridized carbons (Fsp3) is 0.167. The molecular formula is C18H17ClN2. The molecule has 21 heavy (non-hydrogen) atoms. The van der Waals surface area contributed by atoms with Gasteiger partial charge in [0.05, 0.1) is 5.52 Å². The van der Waals surface area contributed by atoms with Crippen LogP contribution in [0.3, 0.4) is 0 Å². The molecule has 2 nitrogen and oxygen atoms in total. The highest BCUT2D eigenvalue weighted by Crippen LogP contribution is 2.23. The molecule has 3 aromatic rings. The molecule has 0 saturated carbocycles. The highest BCUT2D eigenvalue weighted by molar-refractivity contribution is 6.31. The average molecular weight is 297 g/mol. The van der Waals surface area contributed by atoms with Gasteiger partial charge in [-0.1, -0.05) is 48.0 Å². The van der Waals surface area contributed by atoms with E-state index in [4.69, 9.17) is 11.6 Å². The van der Waals surface area contributed by atoms with Crippen molar-refractivity contribution in [1.82, 2.24) is 4.98 Å². The molecule has 0 spiro atoms. The van der Waals surface area contributed by atoms with E-state index in [1.807, 2.05) is 24.3 Å². The van der Waals surface area contributed by atoms with E-state index < -0.39 is 0 Å². The van der Waals surface area contributed by atoms with E-state index in [9.17, 15) is 0 Å². The summed E-state index contributed by atoms with van der Waals surface area (Å²) in [5.74, 6) is 0.901. The molecule has 3 heteroatoms. The van der Waals surface area contributed by atoms with Crippen LogP contribution in [0.4, 0.5) is 5.82 Å². The van der Waals surface area contributed by atoms with Crippen LogP contribution in [-0.2, 0) is 6.42 Å². The number of benzene rings is 2. The minimum atomic E-state index is 0.718.